The first-order valence-corrected chi connectivity index (χ1v) is 12.1. The molecule has 3 saturated heterocycles. The first-order valence-electron chi connectivity index (χ1n) is 11.7. The molecular weight excluding hydrogens is 430 g/mol. The van der Waals surface area contributed by atoms with Crippen molar-refractivity contribution in [1.29, 1.82) is 0 Å². The number of hydrogen-bond donors (Lipinski definition) is 1. The van der Waals surface area contributed by atoms with Crippen LogP contribution in [-0.2, 0) is 14.3 Å². The van der Waals surface area contributed by atoms with Crippen LogP contribution in [0.3, 0.4) is 0 Å². The van der Waals surface area contributed by atoms with Crippen molar-refractivity contribution in [3.8, 4) is 5.75 Å². The summed E-state index contributed by atoms with van der Waals surface area (Å²) in [5.41, 5.74) is -0.0604. The minimum absolute atomic E-state index is 0.000453. The molecule has 1 amide bonds. The third-order valence-electron chi connectivity index (χ3n) is 7.61. The Morgan fingerprint density at radius 1 is 1.31 bits per heavy atom. The van der Waals surface area contributed by atoms with E-state index >= 15 is 0 Å². The number of amides is 1. The molecule has 6 nitrogen and oxygen atoms in total. The smallest absolute Gasteiger partial charge is 0.260 e. The van der Waals surface area contributed by atoms with Gasteiger partial charge in [0.15, 0.2) is 6.61 Å². The van der Waals surface area contributed by atoms with Gasteiger partial charge in [0.2, 0.25) is 0 Å². The number of rotatable bonds is 5. The maximum absolute atomic E-state index is 12.7. The molecule has 1 aromatic carbocycles. The fraction of sp³-hybridized carbons (Fsp3) is 0.720. The highest BCUT2D eigenvalue weighted by molar-refractivity contribution is 6.32. The lowest BCUT2D eigenvalue weighted by atomic mass is 9.74. The molecule has 1 spiro atoms. The van der Waals surface area contributed by atoms with Gasteiger partial charge in [-0.1, -0.05) is 17.7 Å². The molecule has 0 aromatic heterocycles. The number of aryl methyl sites for hydroxylation is 1. The highest BCUT2D eigenvalue weighted by atomic mass is 35.5. The SMILES string of the molecule is Cc1ccc(Cl)c(OCC(=O)N2CCC3(CC2)CO[C@H]([C@@]2(C)CC[C@@H](C(C)(C)O)O2)C3)c1. The number of halogens is 1. The molecule has 0 saturated carbocycles. The average Bonchev–Trinajstić information content (AvgIpc) is 3.34. The first kappa shape index (κ1) is 23.8. The second kappa shape index (κ2) is 8.79. The van der Waals surface area contributed by atoms with Gasteiger partial charge in [-0.2, -0.15) is 0 Å². The van der Waals surface area contributed by atoms with Crippen molar-refractivity contribution in [1.82, 2.24) is 4.90 Å². The van der Waals surface area contributed by atoms with Crippen LogP contribution < -0.4 is 4.74 Å². The minimum Gasteiger partial charge on any atom is -0.482 e. The summed E-state index contributed by atoms with van der Waals surface area (Å²) in [6.45, 7) is 9.84. The van der Waals surface area contributed by atoms with E-state index in [1.165, 1.54) is 0 Å². The Labute approximate surface area is 196 Å². The van der Waals surface area contributed by atoms with Gasteiger partial charge in [-0.15, -0.1) is 0 Å². The molecule has 178 valence electrons. The third kappa shape index (κ3) is 4.93. The minimum atomic E-state index is -0.843. The van der Waals surface area contributed by atoms with E-state index in [9.17, 15) is 9.90 Å². The molecule has 0 aliphatic carbocycles. The molecule has 0 unspecified atom stereocenters. The quantitative estimate of drug-likeness (QED) is 0.708. The van der Waals surface area contributed by atoms with E-state index in [1.54, 1.807) is 6.07 Å². The van der Waals surface area contributed by atoms with E-state index in [-0.39, 0.29) is 35.7 Å². The van der Waals surface area contributed by atoms with Gasteiger partial charge in [-0.25, -0.2) is 0 Å². The summed E-state index contributed by atoms with van der Waals surface area (Å²) >= 11 is 6.17. The fourth-order valence-corrected chi connectivity index (χ4v) is 5.48. The Kier molecular flexibility index (Phi) is 6.54. The largest absolute Gasteiger partial charge is 0.482 e. The molecule has 7 heteroatoms. The van der Waals surface area contributed by atoms with Gasteiger partial charge < -0.3 is 24.2 Å². The van der Waals surface area contributed by atoms with Crippen molar-refractivity contribution in [2.45, 2.75) is 83.2 Å². The van der Waals surface area contributed by atoms with Crippen molar-refractivity contribution in [3.05, 3.63) is 28.8 Å². The number of piperidine rings is 1. The van der Waals surface area contributed by atoms with Crippen LogP contribution in [0.25, 0.3) is 0 Å². The zero-order chi connectivity index (χ0) is 23.1. The maximum Gasteiger partial charge on any atom is 0.260 e. The lowest BCUT2D eigenvalue weighted by Crippen LogP contribution is -2.46. The van der Waals surface area contributed by atoms with Crippen LogP contribution in [0.1, 0.15) is 58.4 Å². The van der Waals surface area contributed by atoms with Gasteiger partial charge in [0.1, 0.15) is 5.75 Å². The van der Waals surface area contributed by atoms with Gasteiger partial charge in [-0.3, -0.25) is 4.79 Å². The number of ether oxygens (including phenoxy) is 3. The van der Waals surface area contributed by atoms with Crippen molar-refractivity contribution < 1.29 is 24.1 Å². The maximum atomic E-state index is 12.7. The zero-order valence-electron chi connectivity index (χ0n) is 19.7. The first-order chi connectivity index (χ1) is 15.0. The van der Waals surface area contributed by atoms with E-state index < -0.39 is 5.60 Å². The fourth-order valence-electron chi connectivity index (χ4n) is 5.31. The van der Waals surface area contributed by atoms with Crippen LogP contribution in [-0.4, -0.2) is 65.6 Å². The summed E-state index contributed by atoms with van der Waals surface area (Å²) in [4.78, 5) is 14.6. The molecule has 3 fully saturated rings. The van der Waals surface area contributed by atoms with E-state index in [1.807, 2.05) is 37.8 Å². The van der Waals surface area contributed by atoms with Crippen LogP contribution in [0, 0.1) is 12.3 Å². The summed E-state index contributed by atoms with van der Waals surface area (Å²) in [6, 6.07) is 5.56. The van der Waals surface area contributed by atoms with Gasteiger partial charge in [0, 0.05) is 13.1 Å². The second-order valence-corrected chi connectivity index (χ2v) is 11.1. The zero-order valence-corrected chi connectivity index (χ0v) is 20.4. The van der Waals surface area contributed by atoms with Crippen LogP contribution in [0.15, 0.2) is 18.2 Å². The molecule has 3 aliphatic heterocycles. The van der Waals surface area contributed by atoms with E-state index in [0.717, 1.165) is 37.7 Å². The number of nitrogens with zero attached hydrogens (tertiary/aromatic N) is 1. The van der Waals surface area contributed by atoms with E-state index in [0.29, 0.717) is 30.5 Å². The lowest BCUT2D eigenvalue weighted by molar-refractivity contribution is -0.155. The third-order valence-corrected chi connectivity index (χ3v) is 7.92. The molecule has 0 bridgehead atoms. The van der Waals surface area contributed by atoms with Crippen LogP contribution in [0.2, 0.25) is 5.02 Å². The predicted molar refractivity (Wildman–Crippen MR) is 123 cm³/mol. The Morgan fingerprint density at radius 3 is 2.69 bits per heavy atom. The molecule has 4 rings (SSSR count). The summed E-state index contributed by atoms with van der Waals surface area (Å²) in [6.07, 6.45) is 4.40. The van der Waals surface area contributed by atoms with E-state index in [4.69, 9.17) is 25.8 Å². The monoisotopic (exact) mass is 465 g/mol. The Bertz CT molecular complexity index is 845. The van der Waals surface area contributed by atoms with Crippen molar-refractivity contribution >= 4 is 17.5 Å². The van der Waals surface area contributed by atoms with Gasteiger partial charge in [0.25, 0.3) is 5.91 Å². The van der Waals surface area contributed by atoms with Crippen LogP contribution in [0.4, 0.5) is 0 Å². The standard InChI is InChI=1S/C25H36ClNO5/c1-17-5-6-18(26)19(13-17)30-15-22(28)27-11-9-25(10-12-27)14-21(31-16-25)24(4)8-7-20(32-24)23(2,3)29/h5-6,13,20-21,29H,7-12,14-16H2,1-4H3/t20-,21-,24+/m0/s1. The average molecular weight is 466 g/mol. The van der Waals surface area contributed by atoms with Gasteiger partial charge in [0.05, 0.1) is 35.0 Å². The number of carbonyl (C=O) groups is 1. The Morgan fingerprint density at radius 2 is 2.03 bits per heavy atom. The molecule has 1 N–H and O–H groups in total. The highest BCUT2D eigenvalue weighted by Gasteiger charge is 2.53. The predicted octanol–water partition coefficient (Wildman–Crippen LogP) is 4.13. The summed E-state index contributed by atoms with van der Waals surface area (Å²) in [5, 5.41) is 10.9. The number of benzene rings is 1. The highest BCUT2D eigenvalue weighted by Crippen LogP contribution is 2.49. The molecule has 3 aliphatic rings. The number of aliphatic hydroxyl groups is 1. The molecule has 32 heavy (non-hydrogen) atoms. The number of carbonyl (C=O) groups excluding carboxylic acids is 1. The summed E-state index contributed by atoms with van der Waals surface area (Å²) in [5.74, 6) is 0.543. The number of hydrogen-bond acceptors (Lipinski definition) is 5. The molecule has 3 heterocycles. The van der Waals surface area contributed by atoms with Crippen molar-refractivity contribution in [2.24, 2.45) is 5.41 Å². The van der Waals surface area contributed by atoms with Crippen LogP contribution in [0.5, 0.6) is 5.75 Å². The van der Waals surface area contributed by atoms with E-state index in [2.05, 4.69) is 6.92 Å². The molecule has 1 aromatic rings. The molecular formula is C25H36ClNO5. The van der Waals surface area contributed by atoms with Gasteiger partial charge >= 0.3 is 0 Å². The van der Waals surface area contributed by atoms with Gasteiger partial charge in [-0.05, 0) is 82.9 Å². The second-order valence-electron chi connectivity index (χ2n) is 10.7. The summed E-state index contributed by atoms with van der Waals surface area (Å²) < 4.78 is 18.3. The van der Waals surface area contributed by atoms with Crippen LogP contribution >= 0.6 is 11.6 Å². The molecule has 3 atom stereocenters. The topological polar surface area (TPSA) is 68.2 Å². The van der Waals surface area contributed by atoms with Crippen molar-refractivity contribution in [3.63, 3.8) is 0 Å². The Hall–Kier alpha value is -1.34. The normalized spacial score (nSPS) is 30.1. The number of likely N-dealkylation sites (tertiary alicyclic amines) is 1. The Balaban J connectivity index is 1.28. The summed E-state index contributed by atoms with van der Waals surface area (Å²) in [7, 11) is 0. The lowest BCUT2D eigenvalue weighted by Gasteiger charge is -2.39. The molecule has 0 radical (unpaired) electrons. The van der Waals surface area contributed by atoms with Crippen molar-refractivity contribution in [2.75, 3.05) is 26.3 Å².